The predicted octanol–water partition coefficient (Wildman–Crippen LogP) is 1.70. The van der Waals surface area contributed by atoms with E-state index in [1.165, 1.54) is 21.8 Å². The second kappa shape index (κ2) is 8.95. The van der Waals surface area contributed by atoms with Gasteiger partial charge in [-0.25, -0.2) is 13.2 Å². The summed E-state index contributed by atoms with van der Waals surface area (Å²) < 4.78 is 43.1. The van der Waals surface area contributed by atoms with Crippen LogP contribution in [-0.4, -0.2) is 68.6 Å². The zero-order chi connectivity index (χ0) is 22.0. The van der Waals surface area contributed by atoms with Crippen molar-refractivity contribution in [2.75, 3.05) is 32.9 Å². The lowest BCUT2D eigenvalue weighted by Gasteiger charge is -2.28. The van der Waals surface area contributed by atoms with E-state index in [9.17, 15) is 23.1 Å². The molecule has 0 atom stereocenters. The van der Waals surface area contributed by atoms with E-state index in [4.69, 9.17) is 14.2 Å². The van der Waals surface area contributed by atoms with E-state index in [1.54, 1.807) is 12.1 Å². The van der Waals surface area contributed by atoms with Gasteiger partial charge in [0.1, 0.15) is 23.0 Å². The number of sulfonamides is 1. The van der Waals surface area contributed by atoms with E-state index >= 15 is 0 Å². The summed E-state index contributed by atoms with van der Waals surface area (Å²) >= 11 is 0.938. The Morgan fingerprint density at radius 3 is 2.58 bits per heavy atom. The number of hydrogen-bond acceptors (Lipinski definition) is 9. The van der Waals surface area contributed by atoms with Crippen LogP contribution in [0.25, 0.3) is 0 Å². The van der Waals surface area contributed by atoms with E-state index in [2.05, 4.69) is 0 Å². The van der Waals surface area contributed by atoms with Gasteiger partial charge >= 0.3 is 5.97 Å². The number of thiophene rings is 1. The fourth-order valence-electron chi connectivity index (χ4n) is 3.37. The molecule has 1 fully saturated rings. The summed E-state index contributed by atoms with van der Waals surface area (Å²) in [5, 5.41) is 11.1. The van der Waals surface area contributed by atoms with Crippen LogP contribution in [0.1, 0.15) is 32.9 Å². The maximum absolute atomic E-state index is 12.9. The van der Waals surface area contributed by atoms with Gasteiger partial charge in [0.05, 0.1) is 6.10 Å². The minimum atomic E-state index is -3.90. The molecule has 0 bridgehead atoms. The third-order valence-electron chi connectivity index (χ3n) is 5.05. The van der Waals surface area contributed by atoms with Gasteiger partial charge < -0.3 is 19.3 Å². The minimum absolute atomic E-state index is 0.0823. The number of Topliss-reactive ketones (excluding diaryl/α,β-unsaturated/α-hetero) is 1. The molecular formula is C20H21NO8S2. The van der Waals surface area contributed by atoms with E-state index in [0.717, 1.165) is 11.3 Å². The third-order valence-corrected chi connectivity index (χ3v) is 8.02. The monoisotopic (exact) mass is 467 g/mol. The summed E-state index contributed by atoms with van der Waals surface area (Å²) in [6.07, 6.45) is 0.158. The molecule has 1 saturated heterocycles. The van der Waals surface area contributed by atoms with Crippen LogP contribution in [0.3, 0.4) is 0 Å². The molecule has 3 heterocycles. The van der Waals surface area contributed by atoms with E-state index < -0.39 is 34.5 Å². The van der Waals surface area contributed by atoms with Crippen LogP contribution < -0.4 is 9.47 Å². The van der Waals surface area contributed by atoms with Crippen molar-refractivity contribution in [1.82, 2.24) is 4.31 Å². The van der Waals surface area contributed by atoms with Gasteiger partial charge in [-0.2, -0.15) is 4.31 Å². The topological polar surface area (TPSA) is 119 Å². The average Bonchev–Trinajstić information content (AvgIpc) is 3.28. The summed E-state index contributed by atoms with van der Waals surface area (Å²) in [5.41, 5.74) is 0.294. The number of rotatable bonds is 6. The van der Waals surface area contributed by atoms with Gasteiger partial charge in [-0.05, 0) is 42.5 Å². The number of esters is 1. The van der Waals surface area contributed by atoms with Gasteiger partial charge in [-0.15, -0.1) is 11.3 Å². The summed E-state index contributed by atoms with van der Waals surface area (Å²) in [7, 11) is -3.90. The van der Waals surface area contributed by atoms with Crippen molar-refractivity contribution in [3.63, 3.8) is 0 Å². The van der Waals surface area contributed by atoms with Crippen LogP contribution in [0.4, 0.5) is 0 Å². The Morgan fingerprint density at radius 2 is 1.84 bits per heavy atom. The lowest BCUT2D eigenvalue weighted by atomic mass is 10.1. The second-order valence-corrected chi connectivity index (χ2v) is 9.93. The van der Waals surface area contributed by atoms with Crippen LogP contribution in [0.5, 0.6) is 11.5 Å². The van der Waals surface area contributed by atoms with Crippen LogP contribution in [-0.2, 0) is 14.8 Å². The zero-order valence-electron chi connectivity index (χ0n) is 16.5. The van der Waals surface area contributed by atoms with Crippen LogP contribution in [0.2, 0.25) is 0 Å². The van der Waals surface area contributed by atoms with Gasteiger partial charge in [0.25, 0.3) is 0 Å². The van der Waals surface area contributed by atoms with Gasteiger partial charge in [0.15, 0.2) is 23.9 Å². The number of ketones is 1. The number of ether oxygens (including phenoxy) is 3. The molecule has 9 nitrogen and oxygen atoms in total. The molecule has 2 aliphatic heterocycles. The Balaban J connectivity index is 1.43. The van der Waals surface area contributed by atoms with E-state index in [1.807, 2.05) is 0 Å². The van der Waals surface area contributed by atoms with Crippen molar-refractivity contribution in [3.8, 4) is 11.5 Å². The maximum Gasteiger partial charge on any atom is 0.350 e. The first-order chi connectivity index (χ1) is 14.9. The fourth-order valence-corrected chi connectivity index (χ4v) is 6.12. The third kappa shape index (κ3) is 4.59. The molecule has 11 heteroatoms. The molecule has 1 N–H and O–H groups in total. The number of benzene rings is 1. The molecule has 4 rings (SSSR count). The van der Waals surface area contributed by atoms with Crippen molar-refractivity contribution >= 4 is 33.1 Å². The minimum Gasteiger partial charge on any atom is -0.486 e. The van der Waals surface area contributed by atoms with Crippen LogP contribution in [0, 0.1) is 0 Å². The second-order valence-electron chi connectivity index (χ2n) is 7.11. The number of nitrogens with zero attached hydrogens (tertiary/aromatic N) is 1. The fraction of sp³-hybridized carbons (Fsp3) is 0.400. The van der Waals surface area contributed by atoms with Gasteiger partial charge in [0, 0.05) is 18.7 Å². The maximum atomic E-state index is 12.9. The molecule has 0 unspecified atom stereocenters. The average molecular weight is 468 g/mol. The highest BCUT2D eigenvalue weighted by molar-refractivity contribution is 7.89. The van der Waals surface area contributed by atoms with Crippen molar-refractivity contribution in [2.24, 2.45) is 0 Å². The largest absolute Gasteiger partial charge is 0.486 e. The van der Waals surface area contributed by atoms with Crippen molar-refractivity contribution in [1.29, 1.82) is 0 Å². The SMILES string of the molecule is O=C(COC(=O)c1sccc1S(=O)(=O)N1CCC(O)CC1)c1ccc2c(c1)OCCO2. The molecule has 2 aliphatic rings. The first-order valence-electron chi connectivity index (χ1n) is 9.72. The molecular weight excluding hydrogens is 446 g/mol. The molecule has 1 aromatic carbocycles. The standard InChI is InChI=1S/C20H21NO8S2/c22-14-3-6-21(7-4-14)31(25,26)18-5-10-30-19(18)20(24)29-12-15(23)13-1-2-16-17(11-13)28-9-8-27-16/h1-2,5,10-11,14,22H,3-4,6-9,12H2. The predicted molar refractivity (Wildman–Crippen MR) is 110 cm³/mol. The molecule has 2 aromatic rings. The Hall–Kier alpha value is -2.47. The van der Waals surface area contributed by atoms with Crippen LogP contribution in [0.15, 0.2) is 34.5 Å². The quantitative estimate of drug-likeness (QED) is 0.504. The summed E-state index contributed by atoms with van der Waals surface area (Å²) in [6.45, 7) is 0.631. The highest BCUT2D eigenvalue weighted by atomic mass is 32.2. The number of aliphatic hydroxyl groups is 1. The molecule has 0 radical (unpaired) electrons. The van der Waals surface area contributed by atoms with Crippen molar-refractivity contribution < 1.29 is 37.3 Å². The van der Waals surface area contributed by atoms with E-state index in [0.29, 0.717) is 43.1 Å². The number of fused-ring (bicyclic) bond motifs is 1. The highest BCUT2D eigenvalue weighted by Gasteiger charge is 2.33. The summed E-state index contributed by atoms with van der Waals surface area (Å²) in [4.78, 5) is 24.8. The van der Waals surface area contributed by atoms with Gasteiger partial charge in [0.2, 0.25) is 10.0 Å². The van der Waals surface area contributed by atoms with Gasteiger partial charge in [-0.1, -0.05) is 0 Å². The molecule has 31 heavy (non-hydrogen) atoms. The number of hydrogen-bond donors (Lipinski definition) is 1. The van der Waals surface area contributed by atoms with E-state index in [-0.39, 0.29) is 22.9 Å². The van der Waals surface area contributed by atoms with Crippen molar-refractivity contribution in [3.05, 3.63) is 40.1 Å². The molecule has 0 aliphatic carbocycles. The molecule has 166 valence electrons. The first-order valence-corrected chi connectivity index (χ1v) is 12.0. The Bertz CT molecular complexity index is 1090. The first kappa shape index (κ1) is 21.8. The zero-order valence-corrected chi connectivity index (χ0v) is 18.1. The summed E-state index contributed by atoms with van der Waals surface area (Å²) in [5.74, 6) is -0.340. The van der Waals surface area contributed by atoms with Crippen molar-refractivity contribution in [2.45, 2.75) is 23.8 Å². The number of carbonyl (C=O) groups is 2. The lowest BCUT2D eigenvalue weighted by Crippen LogP contribution is -2.40. The highest BCUT2D eigenvalue weighted by Crippen LogP contribution is 2.31. The Morgan fingerprint density at radius 1 is 1.13 bits per heavy atom. The number of piperidine rings is 1. The molecule has 0 amide bonds. The Labute approximate surface area is 183 Å². The number of aliphatic hydroxyl groups excluding tert-OH is 1. The lowest BCUT2D eigenvalue weighted by molar-refractivity contribution is 0.0475. The molecule has 0 saturated carbocycles. The smallest absolute Gasteiger partial charge is 0.350 e. The molecule has 1 aromatic heterocycles. The number of carbonyl (C=O) groups excluding carboxylic acids is 2. The summed E-state index contributed by atoms with van der Waals surface area (Å²) in [6, 6.07) is 6.04. The normalized spacial score (nSPS) is 17.3. The molecule has 0 spiro atoms. The Kier molecular flexibility index (Phi) is 6.28. The van der Waals surface area contributed by atoms with Gasteiger partial charge in [-0.3, -0.25) is 4.79 Å². The van der Waals surface area contributed by atoms with Crippen LogP contribution >= 0.6 is 11.3 Å².